The van der Waals surface area contributed by atoms with Gasteiger partial charge in [0.15, 0.2) is 0 Å². The number of amides is 1. The Labute approximate surface area is 97.7 Å². The molecule has 0 aromatic heterocycles. The van der Waals surface area contributed by atoms with Gasteiger partial charge >= 0.3 is 5.97 Å². The van der Waals surface area contributed by atoms with Crippen LogP contribution in [0, 0.1) is 5.92 Å². The number of carbonyl (C=O) groups excluding carboxylic acids is 2. The van der Waals surface area contributed by atoms with Gasteiger partial charge in [0.25, 0.3) is 0 Å². The lowest BCUT2D eigenvalue weighted by molar-refractivity contribution is -0.144. The van der Waals surface area contributed by atoms with E-state index in [-0.39, 0.29) is 30.8 Å². The van der Waals surface area contributed by atoms with Crippen LogP contribution in [0.1, 0.15) is 47.0 Å². The van der Waals surface area contributed by atoms with Gasteiger partial charge in [-0.05, 0) is 26.2 Å². The van der Waals surface area contributed by atoms with Gasteiger partial charge in [0, 0.05) is 12.5 Å². The molecule has 1 unspecified atom stereocenters. The summed E-state index contributed by atoms with van der Waals surface area (Å²) < 4.78 is 4.74. The van der Waals surface area contributed by atoms with Gasteiger partial charge in [-0.1, -0.05) is 13.8 Å². The molecule has 0 aliphatic carbocycles. The molecule has 16 heavy (non-hydrogen) atoms. The minimum atomic E-state index is -0.311. The van der Waals surface area contributed by atoms with Crippen molar-refractivity contribution < 1.29 is 14.3 Å². The Hall–Kier alpha value is -1.06. The highest BCUT2D eigenvalue weighted by Crippen LogP contribution is 2.04. The van der Waals surface area contributed by atoms with Gasteiger partial charge in [0.2, 0.25) is 5.91 Å². The van der Waals surface area contributed by atoms with Gasteiger partial charge in [0.1, 0.15) is 0 Å². The van der Waals surface area contributed by atoms with Crippen molar-refractivity contribution in [2.45, 2.75) is 53.0 Å². The highest BCUT2D eigenvalue weighted by atomic mass is 16.5. The summed E-state index contributed by atoms with van der Waals surface area (Å²) >= 11 is 0. The van der Waals surface area contributed by atoms with E-state index < -0.39 is 0 Å². The molecule has 1 N–H and O–H groups in total. The minimum Gasteiger partial charge on any atom is -0.466 e. The molecule has 1 atom stereocenters. The number of carbonyl (C=O) groups is 2. The van der Waals surface area contributed by atoms with Crippen molar-refractivity contribution in [2.24, 2.45) is 5.92 Å². The second kappa shape index (κ2) is 8.13. The zero-order chi connectivity index (χ0) is 12.6. The summed E-state index contributed by atoms with van der Waals surface area (Å²) in [5.41, 5.74) is 0. The van der Waals surface area contributed by atoms with E-state index in [1.54, 1.807) is 6.92 Å². The molecule has 0 aromatic carbocycles. The van der Waals surface area contributed by atoms with E-state index in [1.165, 1.54) is 0 Å². The molecule has 0 aromatic rings. The quantitative estimate of drug-likeness (QED) is 0.678. The summed E-state index contributed by atoms with van der Waals surface area (Å²) in [5.74, 6) is 0.163. The highest BCUT2D eigenvalue weighted by molar-refractivity contribution is 5.81. The second-order valence-corrected chi connectivity index (χ2v) is 4.40. The highest BCUT2D eigenvalue weighted by Gasteiger charge is 2.11. The third-order valence-corrected chi connectivity index (χ3v) is 2.09. The van der Waals surface area contributed by atoms with Gasteiger partial charge in [0.05, 0.1) is 13.0 Å². The summed E-state index contributed by atoms with van der Waals surface area (Å²) in [5, 5.41) is 2.86. The summed E-state index contributed by atoms with van der Waals surface area (Å²) in [4.78, 5) is 22.4. The number of rotatable bonds is 7. The third kappa shape index (κ3) is 8.26. The van der Waals surface area contributed by atoms with Crippen LogP contribution < -0.4 is 5.32 Å². The number of hydrogen-bond acceptors (Lipinski definition) is 3. The van der Waals surface area contributed by atoms with Crippen LogP contribution in [0.15, 0.2) is 0 Å². The van der Waals surface area contributed by atoms with Gasteiger partial charge in [-0.25, -0.2) is 0 Å². The molecule has 0 radical (unpaired) electrons. The van der Waals surface area contributed by atoms with Crippen LogP contribution in [-0.2, 0) is 14.3 Å². The lowest BCUT2D eigenvalue weighted by Crippen LogP contribution is -2.33. The summed E-state index contributed by atoms with van der Waals surface area (Å²) in [7, 11) is 0. The normalized spacial score (nSPS) is 12.3. The first-order valence-electron chi connectivity index (χ1n) is 5.90. The molecule has 0 saturated heterocycles. The molecule has 0 aliphatic heterocycles. The Kier molecular flexibility index (Phi) is 7.60. The topological polar surface area (TPSA) is 55.4 Å². The van der Waals surface area contributed by atoms with Crippen LogP contribution in [0.4, 0.5) is 0 Å². The minimum absolute atomic E-state index is 0.0822. The van der Waals surface area contributed by atoms with Crippen molar-refractivity contribution in [1.29, 1.82) is 0 Å². The predicted molar refractivity (Wildman–Crippen MR) is 62.9 cm³/mol. The molecule has 0 fully saturated rings. The molecule has 4 heteroatoms. The molecule has 0 heterocycles. The van der Waals surface area contributed by atoms with E-state index in [1.807, 2.05) is 6.92 Å². The molecule has 4 nitrogen and oxygen atoms in total. The van der Waals surface area contributed by atoms with Crippen molar-refractivity contribution in [3.8, 4) is 0 Å². The average Bonchev–Trinajstić information content (AvgIpc) is 2.13. The Morgan fingerprint density at radius 3 is 2.31 bits per heavy atom. The first-order chi connectivity index (χ1) is 7.45. The number of esters is 1. The fraction of sp³-hybridized carbons (Fsp3) is 0.833. The van der Waals surface area contributed by atoms with Crippen LogP contribution in [0.3, 0.4) is 0 Å². The maximum atomic E-state index is 11.4. The molecule has 0 rings (SSSR count). The lowest BCUT2D eigenvalue weighted by Gasteiger charge is -2.15. The van der Waals surface area contributed by atoms with E-state index in [0.717, 1.165) is 6.42 Å². The van der Waals surface area contributed by atoms with E-state index in [9.17, 15) is 9.59 Å². The smallest absolute Gasteiger partial charge is 0.306 e. The lowest BCUT2D eigenvalue weighted by atomic mass is 10.1. The van der Waals surface area contributed by atoms with Crippen LogP contribution in [0.5, 0.6) is 0 Å². The molecule has 0 spiro atoms. The Morgan fingerprint density at radius 2 is 1.81 bits per heavy atom. The van der Waals surface area contributed by atoms with Crippen molar-refractivity contribution in [1.82, 2.24) is 5.32 Å². The van der Waals surface area contributed by atoms with Crippen molar-refractivity contribution in [3.63, 3.8) is 0 Å². The fourth-order valence-corrected chi connectivity index (χ4v) is 1.56. The summed E-state index contributed by atoms with van der Waals surface area (Å²) in [6, 6.07) is 0.162. The third-order valence-electron chi connectivity index (χ3n) is 2.09. The molecule has 0 bridgehead atoms. The summed E-state index contributed by atoms with van der Waals surface area (Å²) in [6.07, 6.45) is 1.32. The van der Waals surface area contributed by atoms with Gasteiger partial charge < -0.3 is 10.1 Å². The SMILES string of the molecule is CCOC(=O)CCC(=O)NC(C)CC(C)C. The first kappa shape index (κ1) is 14.9. The van der Waals surface area contributed by atoms with Crippen LogP contribution in [0.2, 0.25) is 0 Å². The van der Waals surface area contributed by atoms with E-state index >= 15 is 0 Å². The van der Waals surface area contributed by atoms with E-state index in [2.05, 4.69) is 19.2 Å². The Morgan fingerprint density at radius 1 is 1.19 bits per heavy atom. The summed E-state index contributed by atoms with van der Waals surface area (Å²) in [6.45, 7) is 8.32. The number of hydrogen-bond donors (Lipinski definition) is 1. The molecule has 0 saturated carbocycles. The zero-order valence-electron chi connectivity index (χ0n) is 10.7. The second-order valence-electron chi connectivity index (χ2n) is 4.40. The number of ether oxygens (including phenoxy) is 1. The number of nitrogens with one attached hydrogen (secondary N) is 1. The monoisotopic (exact) mass is 229 g/mol. The molecule has 0 aliphatic rings. The predicted octanol–water partition coefficient (Wildman–Crippen LogP) is 1.88. The van der Waals surface area contributed by atoms with Gasteiger partial charge in [-0.2, -0.15) is 0 Å². The van der Waals surface area contributed by atoms with Crippen molar-refractivity contribution in [3.05, 3.63) is 0 Å². The van der Waals surface area contributed by atoms with E-state index in [4.69, 9.17) is 4.74 Å². The van der Waals surface area contributed by atoms with Crippen molar-refractivity contribution >= 4 is 11.9 Å². The van der Waals surface area contributed by atoms with Crippen molar-refractivity contribution in [2.75, 3.05) is 6.61 Å². The molecule has 94 valence electrons. The largest absolute Gasteiger partial charge is 0.466 e. The Balaban J connectivity index is 3.69. The molecular weight excluding hydrogens is 206 g/mol. The molecule has 1 amide bonds. The Bertz CT molecular complexity index is 226. The van der Waals surface area contributed by atoms with Crippen LogP contribution in [-0.4, -0.2) is 24.5 Å². The fourth-order valence-electron chi connectivity index (χ4n) is 1.56. The first-order valence-corrected chi connectivity index (χ1v) is 5.90. The van der Waals surface area contributed by atoms with Crippen LogP contribution in [0.25, 0.3) is 0 Å². The van der Waals surface area contributed by atoms with Crippen LogP contribution >= 0.6 is 0 Å². The maximum Gasteiger partial charge on any atom is 0.306 e. The molecular formula is C12H23NO3. The van der Waals surface area contributed by atoms with E-state index in [0.29, 0.717) is 12.5 Å². The van der Waals surface area contributed by atoms with Gasteiger partial charge in [-0.15, -0.1) is 0 Å². The zero-order valence-corrected chi connectivity index (χ0v) is 10.7. The maximum absolute atomic E-state index is 11.4. The van der Waals surface area contributed by atoms with Gasteiger partial charge in [-0.3, -0.25) is 9.59 Å². The average molecular weight is 229 g/mol. The standard InChI is InChI=1S/C12H23NO3/c1-5-16-12(15)7-6-11(14)13-10(4)8-9(2)3/h9-10H,5-8H2,1-4H3,(H,13,14).